The number of amides is 2. The van der Waals surface area contributed by atoms with Crippen molar-refractivity contribution in [2.75, 3.05) is 25.5 Å². The molecule has 0 spiro atoms. The Kier molecular flexibility index (Phi) is 4.46. The van der Waals surface area contributed by atoms with Crippen LogP contribution in [0.5, 0.6) is 5.75 Å². The Morgan fingerprint density at radius 2 is 1.87 bits per heavy atom. The van der Waals surface area contributed by atoms with Gasteiger partial charge in [-0.1, -0.05) is 12.1 Å². The summed E-state index contributed by atoms with van der Waals surface area (Å²) >= 11 is 0. The predicted octanol–water partition coefficient (Wildman–Crippen LogP) is 3.86. The number of nitrogens with zero attached hydrogens (tertiary/aromatic N) is 1. The molecule has 3 rings (SSSR count). The molecule has 1 aliphatic rings. The molecule has 1 atom stereocenters. The van der Waals surface area contributed by atoms with E-state index in [2.05, 4.69) is 5.32 Å². The van der Waals surface area contributed by atoms with Gasteiger partial charge in [0, 0.05) is 24.7 Å². The van der Waals surface area contributed by atoms with E-state index >= 15 is 0 Å². The molecule has 5 heteroatoms. The fourth-order valence-corrected chi connectivity index (χ4v) is 2.83. The van der Waals surface area contributed by atoms with Crippen LogP contribution in [0.25, 0.3) is 0 Å². The lowest BCUT2D eigenvalue weighted by atomic mass is 9.98. The summed E-state index contributed by atoms with van der Waals surface area (Å²) in [7, 11) is 1.64. The van der Waals surface area contributed by atoms with Crippen molar-refractivity contribution in [3.05, 3.63) is 59.9 Å². The molecule has 1 aliphatic heterocycles. The predicted molar refractivity (Wildman–Crippen MR) is 87.3 cm³/mol. The Hall–Kier alpha value is -2.56. The van der Waals surface area contributed by atoms with Crippen molar-refractivity contribution < 1.29 is 13.9 Å². The highest BCUT2D eigenvalue weighted by Gasteiger charge is 2.27. The number of carbonyl (C=O) groups is 1. The van der Waals surface area contributed by atoms with Gasteiger partial charge in [-0.05, 0) is 48.4 Å². The van der Waals surface area contributed by atoms with Crippen molar-refractivity contribution in [2.45, 2.75) is 12.3 Å². The number of urea groups is 1. The SMILES string of the molecule is COc1ccc(C2CCN(C(=O)Nc3ccc(F)cc3)C2)cc1. The van der Waals surface area contributed by atoms with Crippen LogP contribution < -0.4 is 10.1 Å². The number of rotatable bonds is 3. The molecule has 0 saturated carbocycles. The molecular weight excluding hydrogens is 295 g/mol. The smallest absolute Gasteiger partial charge is 0.321 e. The molecular formula is C18H19FN2O2. The molecule has 4 nitrogen and oxygen atoms in total. The largest absolute Gasteiger partial charge is 0.497 e. The Morgan fingerprint density at radius 1 is 1.17 bits per heavy atom. The molecule has 0 aromatic heterocycles. The summed E-state index contributed by atoms with van der Waals surface area (Å²) in [6.07, 6.45) is 0.934. The molecule has 0 radical (unpaired) electrons. The third kappa shape index (κ3) is 3.62. The van der Waals surface area contributed by atoms with Gasteiger partial charge in [0.05, 0.1) is 7.11 Å². The topological polar surface area (TPSA) is 41.6 Å². The Labute approximate surface area is 134 Å². The minimum Gasteiger partial charge on any atom is -0.497 e. The van der Waals surface area contributed by atoms with Gasteiger partial charge in [0.2, 0.25) is 0 Å². The minimum absolute atomic E-state index is 0.146. The normalized spacial score (nSPS) is 17.1. The van der Waals surface area contributed by atoms with Gasteiger partial charge in [0.1, 0.15) is 11.6 Å². The van der Waals surface area contributed by atoms with Crippen molar-refractivity contribution in [2.24, 2.45) is 0 Å². The van der Waals surface area contributed by atoms with Crippen molar-refractivity contribution in [1.82, 2.24) is 4.90 Å². The van der Waals surface area contributed by atoms with Gasteiger partial charge in [0.25, 0.3) is 0 Å². The molecule has 1 heterocycles. The van der Waals surface area contributed by atoms with Crippen LogP contribution in [0.1, 0.15) is 17.9 Å². The number of methoxy groups -OCH3 is 1. The number of ether oxygens (including phenoxy) is 1. The maximum atomic E-state index is 12.9. The summed E-state index contributed by atoms with van der Waals surface area (Å²) in [5, 5.41) is 2.80. The number of hydrogen-bond acceptors (Lipinski definition) is 2. The van der Waals surface area contributed by atoms with Crippen molar-refractivity contribution in [1.29, 1.82) is 0 Å². The number of nitrogens with one attached hydrogen (secondary N) is 1. The third-order valence-electron chi connectivity index (χ3n) is 4.16. The highest BCUT2D eigenvalue weighted by Crippen LogP contribution is 2.28. The van der Waals surface area contributed by atoms with Gasteiger partial charge < -0.3 is 15.0 Å². The molecule has 0 bridgehead atoms. The zero-order valence-electron chi connectivity index (χ0n) is 13.0. The summed E-state index contributed by atoms with van der Waals surface area (Å²) < 4.78 is 18.1. The van der Waals surface area contributed by atoms with E-state index in [9.17, 15) is 9.18 Å². The van der Waals surface area contributed by atoms with Crippen LogP contribution in [0.2, 0.25) is 0 Å². The molecule has 2 amide bonds. The maximum absolute atomic E-state index is 12.9. The zero-order chi connectivity index (χ0) is 16.2. The van der Waals surface area contributed by atoms with Gasteiger partial charge >= 0.3 is 6.03 Å². The van der Waals surface area contributed by atoms with Crippen LogP contribution in [0.3, 0.4) is 0 Å². The molecule has 1 unspecified atom stereocenters. The number of benzene rings is 2. The van der Waals surface area contributed by atoms with E-state index < -0.39 is 0 Å². The van der Waals surface area contributed by atoms with E-state index in [1.54, 1.807) is 24.1 Å². The molecule has 2 aromatic carbocycles. The molecule has 1 N–H and O–H groups in total. The number of halogens is 1. The summed E-state index contributed by atoms with van der Waals surface area (Å²) in [6.45, 7) is 1.39. The minimum atomic E-state index is -0.316. The van der Waals surface area contributed by atoms with Crippen LogP contribution in [0.4, 0.5) is 14.9 Å². The van der Waals surface area contributed by atoms with E-state index in [4.69, 9.17) is 4.74 Å². The molecule has 0 aliphatic carbocycles. The maximum Gasteiger partial charge on any atom is 0.321 e. The lowest BCUT2D eigenvalue weighted by Gasteiger charge is -2.17. The summed E-state index contributed by atoms with van der Waals surface area (Å²) in [5.74, 6) is 0.848. The first kappa shape index (κ1) is 15.3. The number of anilines is 1. The number of carbonyl (C=O) groups excluding carboxylic acids is 1. The highest BCUT2D eigenvalue weighted by molar-refractivity contribution is 5.89. The molecule has 120 valence electrons. The molecule has 2 aromatic rings. The summed E-state index contributed by atoms with van der Waals surface area (Å²) in [5.41, 5.74) is 1.81. The van der Waals surface area contributed by atoms with Crippen molar-refractivity contribution >= 4 is 11.7 Å². The van der Waals surface area contributed by atoms with Crippen LogP contribution in [-0.2, 0) is 0 Å². The third-order valence-corrected chi connectivity index (χ3v) is 4.16. The second-order valence-corrected chi connectivity index (χ2v) is 5.64. The van der Waals surface area contributed by atoms with Crippen molar-refractivity contribution in [3.8, 4) is 5.75 Å². The van der Waals surface area contributed by atoms with Gasteiger partial charge in [-0.2, -0.15) is 0 Å². The highest BCUT2D eigenvalue weighted by atomic mass is 19.1. The summed E-state index contributed by atoms with van der Waals surface area (Å²) in [4.78, 5) is 14.1. The fourth-order valence-electron chi connectivity index (χ4n) is 2.83. The quantitative estimate of drug-likeness (QED) is 0.935. The van der Waals surface area contributed by atoms with Crippen molar-refractivity contribution in [3.63, 3.8) is 0 Å². The second kappa shape index (κ2) is 6.69. The standard InChI is InChI=1S/C18H19FN2O2/c1-23-17-8-2-13(3-9-17)14-10-11-21(12-14)18(22)20-16-6-4-15(19)5-7-16/h2-9,14H,10-12H2,1H3,(H,20,22). The Bertz CT molecular complexity index is 670. The fraction of sp³-hybridized carbons (Fsp3) is 0.278. The van der Waals surface area contributed by atoms with Crippen LogP contribution >= 0.6 is 0 Å². The molecule has 1 fully saturated rings. The van der Waals surface area contributed by atoms with E-state index in [-0.39, 0.29) is 11.8 Å². The van der Waals surface area contributed by atoms with Gasteiger partial charge in [-0.25, -0.2) is 9.18 Å². The first-order chi connectivity index (χ1) is 11.2. The molecule has 1 saturated heterocycles. The van der Waals surface area contributed by atoms with E-state index in [1.807, 2.05) is 24.3 Å². The van der Waals surface area contributed by atoms with Gasteiger partial charge in [-0.15, -0.1) is 0 Å². The summed E-state index contributed by atoms with van der Waals surface area (Å²) in [6, 6.07) is 13.6. The average molecular weight is 314 g/mol. The molecule has 23 heavy (non-hydrogen) atoms. The van der Waals surface area contributed by atoms with Crippen LogP contribution in [0.15, 0.2) is 48.5 Å². The van der Waals surface area contributed by atoms with Gasteiger partial charge in [0.15, 0.2) is 0 Å². The second-order valence-electron chi connectivity index (χ2n) is 5.64. The van der Waals surface area contributed by atoms with E-state index in [0.29, 0.717) is 24.7 Å². The van der Waals surface area contributed by atoms with Crippen LogP contribution in [-0.4, -0.2) is 31.1 Å². The van der Waals surface area contributed by atoms with E-state index in [0.717, 1.165) is 12.2 Å². The first-order valence-electron chi connectivity index (χ1n) is 7.61. The lowest BCUT2D eigenvalue weighted by Crippen LogP contribution is -2.32. The Morgan fingerprint density at radius 3 is 2.52 bits per heavy atom. The number of hydrogen-bond donors (Lipinski definition) is 1. The lowest BCUT2D eigenvalue weighted by molar-refractivity contribution is 0.222. The van der Waals surface area contributed by atoms with Crippen LogP contribution in [0, 0.1) is 5.82 Å². The van der Waals surface area contributed by atoms with E-state index in [1.165, 1.54) is 17.7 Å². The van der Waals surface area contributed by atoms with Gasteiger partial charge in [-0.3, -0.25) is 0 Å². The number of likely N-dealkylation sites (tertiary alicyclic amines) is 1. The average Bonchev–Trinajstić information content (AvgIpc) is 3.07. The monoisotopic (exact) mass is 314 g/mol. The Balaban J connectivity index is 1.60. The zero-order valence-corrected chi connectivity index (χ0v) is 13.0. The first-order valence-corrected chi connectivity index (χ1v) is 7.61.